The molecule has 0 saturated heterocycles. The first-order valence-corrected chi connectivity index (χ1v) is 5.85. The maximum Gasteiger partial charge on any atom is 0.0393 e. The summed E-state index contributed by atoms with van der Waals surface area (Å²) in [6.45, 7) is 5.51. The lowest BCUT2D eigenvalue weighted by Crippen LogP contribution is -2.22. The molecule has 0 bridgehead atoms. The number of hydrogen-bond acceptors (Lipinski definition) is 2. The quantitative estimate of drug-likeness (QED) is 0.816. The van der Waals surface area contributed by atoms with Crippen LogP contribution in [0.2, 0.25) is 0 Å². The highest BCUT2D eigenvalue weighted by molar-refractivity contribution is 5.43. The lowest BCUT2D eigenvalue weighted by Gasteiger charge is -2.24. The first kappa shape index (κ1) is 10.5. The summed E-state index contributed by atoms with van der Waals surface area (Å²) in [4.78, 5) is 4.20. The summed E-state index contributed by atoms with van der Waals surface area (Å²) < 4.78 is 0. The van der Waals surface area contributed by atoms with Gasteiger partial charge in [-0.25, -0.2) is 0 Å². The van der Waals surface area contributed by atoms with Crippen LogP contribution in [0, 0.1) is 12.3 Å². The van der Waals surface area contributed by atoms with Crippen LogP contribution in [0.1, 0.15) is 38.3 Å². The van der Waals surface area contributed by atoms with Crippen LogP contribution in [0.5, 0.6) is 0 Å². The molecule has 0 atom stereocenters. The molecule has 0 radical (unpaired) electrons. The lowest BCUT2D eigenvalue weighted by atomic mass is 9.89. The van der Waals surface area contributed by atoms with Crippen molar-refractivity contribution >= 4 is 5.69 Å². The number of rotatable bonds is 3. The van der Waals surface area contributed by atoms with Gasteiger partial charge in [0, 0.05) is 24.1 Å². The van der Waals surface area contributed by atoms with Gasteiger partial charge < -0.3 is 5.32 Å². The molecule has 1 aromatic rings. The Morgan fingerprint density at radius 3 is 2.80 bits per heavy atom. The highest BCUT2D eigenvalue weighted by Gasteiger charge is 2.27. The third kappa shape index (κ3) is 2.71. The molecule has 1 N–H and O–H groups in total. The van der Waals surface area contributed by atoms with E-state index in [-0.39, 0.29) is 0 Å². The SMILES string of the molecule is Cc1cc(NCC2(C)CCCC2)ccn1. The number of nitrogens with zero attached hydrogens (tertiary/aromatic N) is 1. The molecule has 15 heavy (non-hydrogen) atoms. The van der Waals surface area contributed by atoms with E-state index < -0.39 is 0 Å². The van der Waals surface area contributed by atoms with Gasteiger partial charge in [0.25, 0.3) is 0 Å². The predicted molar refractivity (Wildman–Crippen MR) is 64.0 cm³/mol. The highest BCUT2D eigenvalue weighted by atomic mass is 14.9. The first-order chi connectivity index (χ1) is 7.18. The zero-order chi connectivity index (χ0) is 10.7. The van der Waals surface area contributed by atoms with Gasteiger partial charge in [-0.3, -0.25) is 4.98 Å². The first-order valence-electron chi connectivity index (χ1n) is 5.85. The van der Waals surface area contributed by atoms with E-state index in [1.807, 2.05) is 19.2 Å². The topological polar surface area (TPSA) is 24.9 Å². The van der Waals surface area contributed by atoms with Crippen molar-refractivity contribution in [3.63, 3.8) is 0 Å². The number of hydrogen-bond donors (Lipinski definition) is 1. The fourth-order valence-electron chi connectivity index (χ4n) is 2.38. The second-order valence-corrected chi connectivity index (χ2v) is 5.06. The van der Waals surface area contributed by atoms with E-state index in [9.17, 15) is 0 Å². The fraction of sp³-hybridized carbons (Fsp3) is 0.615. The van der Waals surface area contributed by atoms with Gasteiger partial charge >= 0.3 is 0 Å². The molecule has 1 saturated carbocycles. The predicted octanol–water partition coefficient (Wildman–Crippen LogP) is 3.38. The standard InChI is InChI=1S/C13H20N2/c1-11-9-12(5-8-14-11)15-10-13(2)6-3-4-7-13/h5,8-9H,3-4,6-7,10H2,1-2H3,(H,14,15). The van der Waals surface area contributed by atoms with Crippen LogP contribution in [0.4, 0.5) is 5.69 Å². The smallest absolute Gasteiger partial charge is 0.0393 e. The van der Waals surface area contributed by atoms with Gasteiger partial charge in [-0.2, -0.15) is 0 Å². The van der Waals surface area contributed by atoms with Crippen molar-refractivity contribution in [2.75, 3.05) is 11.9 Å². The third-order valence-electron chi connectivity index (χ3n) is 3.43. The summed E-state index contributed by atoms with van der Waals surface area (Å²) in [5, 5.41) is 3.53. The monoisotopic (exact) mass is 204 g/mol. The second-order valence-electron chi connectivity index (χ2n) is 5.06. The van der Waals surface area contributed by atoms with Crippen LogP contribution in [-0.2, 0) is 0 Å². The second kappa shape index (κ2) is 4.21. The zero-order valence-corrected chi connectivity index (χ0v) is 9.71. The van der Waals surface area contributed by atoms with E-state index in [4.69, 9.17) is 0 Å². The summed E-state index contributed by atoms with van der Waals surface area (Å²) >= 11 is 0. The lowest BCUT2D eigenvalue weighted by molar-refractivity contribution is 0.362. The van der Waals surface area contributed by atoms with Crippen molar-refractivity contribution in [1.29, 1.82) is 0 Å². The molecule has 0 unspecified atom stereocenters. The van der Waals surface area contributed by atoms with Gasteiger partial charge in [0.05, 0.1) is 0 Å². The molecule has 1 fully saturated rings. The normalized spacial score (nSPS) is 19.1. The van der Waals surface area contributed by atoms with Crippen molar-refractivity contribution in [2.45, 2.75) is 39.5 Å². The van der Waals surface area contributed by atoms with Crippen molar-refractivity contribution in [2.24, 2.45) is 5.41 Å². The Kier molecular flexibility index (Phi) is 2.94. The molecule has 0 amide bonds. The minimum Gasteiger partial charge on any atom is -0.384 e. The van der Waals surface area contributed by atoms with E-state index in [0.717, 1.165) is 12.2 Å². The molecule has 1 aliphatic rings. The molecular formula is C13H20N2. The molecule has 2 heteroatoms. The van der Waals surface area contributed by atoms with Gasteiger partial charge in [-0.05, 0) is 37.3 Å². The van der Waals surface area contributed by atoms with E-state index >= 15 is 0 Å². The van der Waals surface area contributed by atoms with Crippen LogP contribution in [0.25, 0.3) is 0 Å². The molecule has 1 aliphatic carbocycles. The molecule has 1 heterocycles. The van der Waals surface area contributed by atoms with Crippen LogP contribution in [-0.4, -0.2) is 11.5 Å². The molecule has 1 aromatic heterocycles. The maximum atomic E-state index is 4.20. The maximum absolute atomic E-state index is 4.20. The highest BCUT2D eigenvalue weighted by Crippen LogP contribution is 2.37. The van der Waals surface area contributed by atoms with Crippen molar-refractivity contribution in [3.8, 4) is 0 Å². The minimum atomic E-state index is 0.511. The molecule has 0 aromatic carbocycles. The summed E-state index contributed by atoms with van der Waals surface area (Å²) in [7, 11) is 0. The Labute approximate surface area is 92.1 Å². The molecule has 82 valence electrons. The van der Waals surface area contributed by atoms with Gasteiger partial charge in [0.15, 0.2) is 0 Å². The van der Waals surface area contributed by atoms with E-state index in [1.165, 1.54) is 31.4 Å². The van der Waals surface area contributed by atoms with Crippen molar-refractivity contribution in [3.05, 3.63) is 24.0 Å². The molecule has 2 rings (SSSR count). The van der Waals surface area contributed by atoms with Gasteiger partial charge in [0.1, 0.15) is 0 Å². The average Bonchev–Trinajstić information content (AvgIpc) is 2.63. The van der Waals surface area contributed by atoms with E-state index in [2.05, 4.69) is 23.3 Å². The Morgan fingerprint density at radius 1 is 1.40 bits per heavy atom. The summed E-state index contributed by atoms with van der Waals surface area (Å²) in [5.74, 6) is 0. The molecule has 0 spiro atoms. The van der Waals surface area contributed by atoms with Crippen LogP contribution in [0.3, 0.4) is 0 Å². The van der Waals surface area contributed by atoms with Crippen LogP contribution < -0.4 is 5.32 Å². The Morgan fingerprint density at radius 2 is 2.13 bits per heavy atom. The third-order valence-corrected chi connectivity index (χ3v) is 3.43. The Hall–Kier alpha value is -1.05. The number of pyridine rings is 1. The fourth-order valence-corrected chi connectivity index (χ4v) is 2.38. The van der Waals surface area contributed by atoms with E-state index in [0.29, 0.717) is 5.41 Å². The number of aromatic nitrogens is 1. The largest absolute Gasteiger partial charge is 0.384 e. The van der Waals surface area contributed by atoms with Crippen molar-refractivity contribution in [1.82, 2.24) is 4.98 Å². The Balaban J connectivity index is 1.92. The summed E-state index contributed by atoms with van der Waals surface area (Å²) in [5.41, 5.74) is 2.80. The Bertz CT molecular complexity index is 327. The minimum absolute atomic E-state index is 0.511. The van der Waals surface area contributed by atoms with E-state index in [1.54, 1.807) is 0 Å². The van der Waals surface area contributed by atoms with Gasteiger partial charge in [0.2, 0.25) is 0 Å². The van der Waals surface area contributed by atoms with Crippen LogP contribution >= 0.6 is 0 Å². The average molecular weight is 204 g/mol. The van der Waals surface area contributed by atoms with Crippen molar-refractivity contribution < 1.29 is 0 Å². The summed E-state index contributed by atoms with van der Waals surface area (Å²) in [6, 6.07) is 4.16. The summed E-state index contributed by atoms with van der Waals surface area (Å²) in [6.07, 6.45) is 7.39. The zero-order valence-electron chi connectivity index (χ0n) is 9.71. The number of aryl methyl sites for hydroxylation is 1. The molecular weight excluding hydrogens is 184 g/mol. The molecule has 2 nitrogen and oxygen atoms in total. The molecule has 0 aliphatic heterocycles. The number of anilines is 1. The number of nitrogens with one attached hydrogen (secondary N) is 1. The van der Waals surface area contributed by atoms with Gasteiger partial charge in [-0.1, -0.05) is 19.8 Å². The van der Waals surface area contributed by atoms with Crippen LogP contribution in [0.15, 0.2) is 18.3 Å². The van der Waals surface area contributed by atoms with Gasteiger partial charge in [-0.15, -0.1) is 0 Å².